The normalized spacial score (nSPS) is 10.6. The van der Waals surface area contributed by atoms with Crippen LogP contribution in [0.4, 0.5) is 0 Å². The van der Waals surface area contributed by atoms with Crippen molar-refractivity contribution in [3.05, 3.63) is 35.4 Å². The van der Waals surface area contributed by atoms with Gasteiger partial charge in [0, 0.05) is 25.8 Å². The molecule has 0 saturated heterocycles. The minimum Gasteiger partial charge on any atom is -0.383 e. The summed E-state index contributed by atoms with van der Waals surface area (Å²) in [5, 5.41) is 2.70. The Hall–Kier alpha value is -1.88. The lowest BCUT2D eigenvalue weighted by Crippen LogP contribution is -2.43. The van der Waals surface area contributed by atoms with Crippen LogP contribution in [0.5, 0.6) is 0 Å². The molecular weight excluding hydrogens is 280 g/mol. The Balaban J connectivity index is 2.58. The Labute approximate surface area is 132 Å². The summed E-state index contributed by atoms with van der Waals surface area (Å²) < 4.78 is 5.03. The number of nitrogens with one attached hydrogen (secondary N) is 1. The first-order chi connectivity index (χ1) is 10.5. The minimum atomic E-state index is -0.220. The van der Waals surface area contributed by atoms with Crippen LogP contribution in [0.3, 0.4) is 0 Å². The molecule has 0 saturated carbocycles. The Morgan fingerprint density at radius 1 is 1.27 bits per heavy atom. The van der Waals surface area contributed by atoms with E-state index in [2.05, 4.69) is 19.2 Å². The standard InChI is InChI=1S/C17H26N2O3/c1-13(2)12-19(9-10-22-4)16(20)11-18-17(21)15-8-6-5-7-14(15)3/h5-8,13H,9-12H2,1-4H3,(H,18,21). The van der Waals surface area contributed by atoms with Crippen LogP contribution in [-0.2, 0) is 9.53 Å². The van der Waals surface area contributed by atoms with Crippen LogP contribution in [0.2, 0.25) is 0 Å². The van der Waals surface area contributed by atoms with Crippen molar-refractivity contribution in [1.29, 1.82) is 0 Å². The van der Waals surface area contributed by atoms with Crippen molar-refractivity contribution in [2.24, 2.45) is 5.92 Å². The molecule has 0 bridgehead atoms. The molecule has 0 aromatic heterocycles. The monoisotopic (exact) mass is 306 g/mol. The van der Waals surface area contributed by atoms with E-state index in [0.717, 1.165) is 5.56 Å². The number of hydrogen-bond donors (Lipinski definition) is 1. The lowest BCUT2D eigenvalue weighted by atomic mass is 10.1. The molecule has 1 N–H and O–H groups in total. The van der Waals surface area contributed by atoms with Gasteiger partial charge in [-0.3, -0.25) is 9.59 Å². The molecule has 5 nitrogen and oxygen atoms in total. The number of amides is 2. The van der Waals surface area contributed by atoms with Crippen LogP contribution in [0.25, 0.3) is 0 Å². The molecule has 0 aliphatic carbocycles. The number of methoxy groups -OCH3 is 1. The van der Waals surface area contributed by atoms with Gasteiger partial charge in [-0.25, -0.2) is 0 Å². The first kappa shape index (κ1) is 18.2. The predicted octanol–water partition coefficient (Wildman–Crippen LogP) is 1.86. The van der Waals surface area contributed by atoms with Crippen LogP contribution in [0.15, 0.2) is 24.3 Å². The second-order valence-corrected chi connectivity index (χ2v) is 5.72. The highest BCUT2D eigenvalue weighted by Crippen LogP contribution is 2.06. The average Bonchev–Trinajstić information content (AvgIpc) is 2.48. The highest BCUT2D eigenvalue weighted by molar-refractivity contribution is 5.97. The average molecular weight is 306 g/mol. The van der Waals surface area contributed by atoms with E-state index in [1.165, 1.54) is 0 Å². The number of aryl methyl sites for hydroxylation is 1. The van der Waals surface area contributed by atoms with Crippen molar-refractivity contribution in [3.8, 4) is 0 Å². The van der Waals surface area contributed by atoms with Crippen LogP contribution < -0.4 is 5.32 Å². The predicted molar refractivity (Wildman–Crippen MR) is 86.8 cm³/mol. The molecule has 1 aromatic carbocycles. The van der Waals surface area contributed by atoms with Crippen molar-refractivity contribution in [1.82, 2.24) is 10.2 Å². The molecule has 0 spiro atoms. The van der Waals surface area contributed by atoms with Crippen molar-refractivity contribution in [3.63, 3.8) is 0 Å². The number of rotatable bonds is 8. The zero-order valence-corrected chi connectivity index (χ0v) is 13.9. The highest BCUT2D eigenvalue weighted by atomic mass is 16.5. The quantitative estimate of drug-likeness (QED) is 0.797. The Morgan fingerprint density at radius 2 is 1.95 bits per heavy atom. The van der Waals surface area contributed by atoms with Gasteiger partial charge in [0.15, 0.2) is 0 Å². The van der Waals surface area contributed by atoms with Gasteiger partial charge in [0.05, 0.1) is 13.2 Å². The molecule has 1 aromatic rings. The molecule has 2 amide bonds. The number of carbonyl (C=O) groups is 2. The highest BCUT2D eigenvalue weighted by Gasteiger charge is 2.16. The summed E-state index contributed by atoms with van der Waals surface area (Å²) in [6, 6.07) is 7.33. The topological polar surface area (TPSA) is 58.6 Å². The molecule has 5 heteroatoms. The van der Waals surface area contributed by atoms with E-state index in [9.17, 15) is 9.59 Å². The van der Waals surface area contributed by atoms with E-state index in [1.807, 2.05) is 25.1 Å². The molecule has 0 heterocycles. The number of nitrogens with zero attached hydrogens (tertiary/aromatic N) is 1. The van der Waals surface area contributed by atoms with Crippen LogP contribution in [0, 0.1) is 12.8 Å². The van der Waals surface area contributed by atoms with Crippen molar-refractivity contribution >= 4 is 11.8 Å². The third kappa shape index (κ3) is 5.85. The third-order valence-electron chi connectivity index (χ3n) is 3.29. The molecule has 0 atom stereocenters. The maximum Gasteiger partial charge on any atom is 0.251 e. The summed E-state index contributed by atoms with van der Waals surface area (Å²) in [6.45, 7) is 7.67. The van der Waals surface area contributed by atoms with Gasteiger partial charge in [-0.1, -0.05) is 32.0 Å². The number of hydrogen-bond acceptors (Lipinski definition) is 3. The Morgan fingerprint density at radius 3 is 2.55 bits per heavy atom. The molecule has 0 aliphatic heterocycles. The number of ether oxygens (including phenoxy) is 1. The van der Waals surface area contributed by atoms with E-state index in [4.69, 9.17) is 4.74 Å². The van der Waals surface area contributed by atoms with Gasteiger partial charge in [0.1, 0.15) is 0 Å². The zero-order chi connectivity index (χ0) is 16.5. The summed E-state index contributed by atoms with van der Waals surface area (Å²) >= 11 is 0. The van der Waals surface area contributed by atoms with Gasteiger partial charge in [-0.05, 0) is 24.5 Å². The fourth-order valence-corrected chi connectivity index (χ4v) is 2.15. The molecule has 122 valence electrons. The SMILES string of the molecule is COCCN(CC(C)C)C(=O)CNC(=O)c1ccccc1C. The maximum atomic E-state index is 12.3. The maximum absolute atomic E-state index is 12.3. The lowest BCUT2D eigenvalue weighted by molar-refractivity contribution is -0.131. The summed E-state index contributed by atoms with van der Waals surface area (Å²) in [6.07, 6.45) is 0. The van der Waals surface area contributed by atoms with Gasteiger partial charge >= 0.3 is 0 Å². The summed E-state index contributed by atoms with van der Waals surface area (Å²) in [5.74, 6) is 0.0586. The molecule has 0 radical (unpaired) electrons. The Kier molecular flexibility index (Phi) is 7.60. The van der Waals surface area contributed by atoms with Crippen molar-refractivity contribution in [2.45, 2.75) is 20.8 Å². The van der Waals surface area contributed by atoms with Crippen LogP contribution in [-0.4, -0.2) is 50.1 Å². The van der Waals surface area contributed by atoms with E-state index in [-0.39, 0.29) is 18.4 Å². The molecule has 1 rings (SSSR count). The van der Waals surface area contributed by atoms with E-state index < -0.39 is 0 Å². The van der Waals surface area contributed by atoms with Gasteiger partial charge in [-0.2, -0.15) is 0 Å². The summed E-state index contributed by atoms with van der Waals surface area (Å²) in [4.78, 5) is 26.1. The Bertz CT molecular complexity index is 500. The first-order valence-electron chi connectivity index (χ1n) is 7.56. The van der Waals surface area contributed by atoms with Crippen LogP contribution in [0.1, 0.15) is 29.8 Å². The van der Waals surface area contributed by atoms with Gasteiger partial charge < -0.3 is 15.0 Å². The zero-order valence-electron chi connectivity index (χ0n) is 13.9. The van der Waals surface area contributed by atoms with E-state index >= 15 is 0 Å². The summed E-state index contributed by atoms with van der Waals surface area (Å²) in [5.41, 5.74) is 1.49. The fraction of sp³-hybridized carbons (Fsp3) is 0.529. The second-order valence-electron chi connectivity index (χ2n) is 5.72. The van der Waals surface area contributed by atoms with E-state index in [0.29, 0.717) is 31.2 Å². The summed E-state index contributed by atoms with van der Waals surface area (Å²) in [7, 11) is 1.61. The lowest BCUT2D eigenvalue weighted by Gasteiger charge is -2.24. The van der Waals surface area contributed by atoms with Gasteiger partial charge in [0.2, 0.25) is 5.91 Å². The second kappa shape index (κ2) is 9.20. The van der Waals surface area contributed by atoms with Gasteiger partial charge in [-0.15, -0.1) is 0 Å². The molecule has 0 aliphatic rings. The van der Waals surface area contributed by atoms with Crippen LogP contribution >= 0.6 is 0 Å². The third-order valence-corrected chi connectivity index (χ3v) is 3.29. The smallest absolute Gasteiger partial charge is 0.251 e. The largest absolute Gasteiger partial charge is 0.383 e. The molecule has 0 fully saturated rings. The van der Waals surface area contributed by atoms with Crippen molar-refractivity contribution < 1.29 is 14.3 Å². The molecule has 22 heavy (non-hydrogen) atoms. The molecule has 0 unspecified atom stereocenters. The van der Waals surface area contributed by atoms with Crippen molar-refractivity contribution in [2.75, 3.05) is 33.4 Å². The fourth-order valence-electron chi connectivity index (χ4n) is 2.15. The van der Waals surface area contributed by atoms with E-state index in [1.54, 1.807) is 18.1 Å². The minimum absolute atomic E-state index is 0.00357. The number of benzene rings is 1. The van der Waals surface area contributed by atoms with Gasteiger partial charge in [0.25, 0.3) is 5.91 Å². The first-order valence-corrected chi connectivity index (χ1v) is 7.56. The number of carbonyl (C=O) groups excluding carboxylic acids is 2. The molecular formula is C17H26N2O3.